The molecule has 0 fully saturated rings. The fraction of sp³-hybridized carbons (Fsp3) is 0.200. The number of nitrogens with zero attached hydrogens (tertiary/aromatic N) is 2. The van der Waals surface area contributed by atoms with Gasteiger partial charge in [-0.3, -0.25) is 9.10 Å². The second-order valence-corrected chi connectivity index (χ2v) is 9.71. The maximum atomic E-state index is 13.8. The van der Waals surface area contributed by atoms with Gasteiger partial charge in [-0.1, -0.05) is 23.7 Å². The van der Waals surface area contributed by atoms with E-state index < -0.39 is 22.5 Å². The van der Waals surface area contributed by atoms with Crippen molar-refractivity contribution in [3.8, 4) is 23.0 Å². The number of rotatable bonds is 11. The van der Waals surface area contributed by atoms with E-state index in [0.717, 1.165) is 4.31 Å². The lowest BCUT2D eigenvalue weighted by Gasteiger charge is -2.26. The zero-order chi connectivity index (χ0) is 27.0. The zero-order valence-electron chi connectivity index (χ0n) is 20.6. The maximum absolute atomic E-state index is 13.8. The molecule has 1 amide bonds. The molecule has 1 N–H and O–H groups in total. The number of ether oxygens (including phenoxy) is 4. The van der Waals surface area contributed by atoms with Crippen LogP contribution in [-0.4, -0.2) is 55.5 Å². The molecule has 0 aromatic heterocycles. The van der Waals surface area contributed by atoms with Crippen LogP contribution in [0.1, 0.15) is 5.56 Å². The van der Waals surface area contributed by atoms with Crippen molar-refractivity contribution < 1.29 is 32.2 Å². The summed E-state index contributed by atoms with van der Waals surface area (Å²) in [5.41, 5.74) is 3.08. The predicted octanol–water partition coefficient (Wildman–Crippen LogP) is 3.72. The Bertz CT molecular complexity index is 1400. The summed E-state index contributed by atoms with van der Waals surface area (Å²) >= 11 is 5.96. The molecule has 0 bridgehead atoms. The van der Waals surface area contributed by atoms with E-state index in [-0.39, 0.29) is 22.1 Å². The third-order valence-electron chi connectivity index (χ3n) is 5.14. The summed E-state index contributed by atoms with van der Waals surface area (Å²) in [7, 11) is 1.35. The topological polar surface area (TPSA) is 116 Å². The highest BCUT2D eigenvalue weighted by Gasteiger charge is 2.31. The molecule has 10 nitrogen and oxygen atoms in total. The fourth-order valence-electron chi connectivity index (χ4n) is 3.33. The molecule has 0 unspecified atom stereocenters. The fourth-order valence-corrected chi connectivity index (χ4v) is 4.97. The average molecular weight is 548 g/mol. The van der Waals surface area contributed by atoms with Crippen molar-refractivity contribution >= 4 is 39.4 Å². The summed E-state index contributed by atoms with van der Waals surface area (Å²) in [6.07, 6.45) is 1.39. The molecule has 3 aromatic rings. The van der Waals surface area contributed by atoms with Crippen LogP contribution in [0.2, 0.25) is 5.02 Å². The minimum atomic E-state index is -4.32. The number of methoxy groups -OCH3 is 4. The Morgan fingerprint density at radius 3 is 2.27 bits per heavy atom. The Labute approximate surface area is 220 Å². The van der Waals surface area contributed by atoms with Crippen molar-refractivity contribution in [2.75, 3.05) is 39.3 Å². The first-order valence-electron chi connectivity index (χ1n) is 10.8. The first-order valence-corrected chi connectivity index (χ1v) is 12.6. The molecule has 0 radical (unpaired) electrons. The molecule has 0 atom stereocenters. The van der Waals surface area contributed by atoms with Crippen molar-refractivity contribution in [3.63, 3.8) is 0 Å². The van der Waals surface area contributed by atoms with Gasteiger partial charge in [0.15, 0.2) is 11.5 Å². The number of hydrogen-bond acceptors (Lipinski definition) is 8. The van der Waals surface area contributed by atoms with E-state index in [9.17, 15) is 13.2 Å². The summed E-state index contributed by atoms with van der Waals surface area (Å²) in [6, 6.07) is 15.6. The quantitative estimate of drug-likeness (QED) is 0.287. The molecule has 0 aliphatic heterocycles. The molecule has 3 rings (SSSR count). The van der Waals surface area contributed by atoms with Crippen LogP contribution in [0.25, 0.3) is 0 Å². The van der Waals surface area contributed by atoms with Crippen LogP contribution >= 0.6 is 11.6 Å². The van der Waals surface area contributed by atoms with Gasteiger partial charge in [0.1, 0.15) is 18.0 Å². The minimum absolute atomic E-state index is 0.0885. The van der Waals surface area contributed by atoms with Crippen molar-refractivity contribution in [1.29, 1.82) is 0 Å². The third kappa shape index (κ3) is 6.63. The number of carbonyl (C=O) groups is 1. The van der Waals surface area contributed by atoms with Gasteiger partial charge in [-0.05, 0) is 42.0 Å². The summed E-state index contributed by atoms with van der Waals surface area (Å²) in [6.45, 7) is -0.618. The predicted molar refractivity (Wildman–Crippen MR) is 141 cm³/mol. The normalized spacial score (nSPS) is 11.2. The number of carbonyl (C=O) groups excluding carboxylic acids is 1. The molecule has 0 saturated carbocycles. The summed E-state index contributed by atoms with van der Waals surface area (Å²) in [5.74, 6) is 0.423. The van der Waals surface area contributed by atoms with Gasteiger partial charge in [-0.15, -0.1) is 0 Å². The van der Waals surface area contributed by atoms with E-state index in [1.807, 2.05) is 0 Å². The molecule has 3 aromatic carbocycles. The number of hydrogen-bond donors (Lipinski definition) is 1. The van der Waals surface area contributed by atoms with Crippen LogP contribution in [0.5, 0.6) is 23.0 Å². The second-order valence-electron chi connectivity index (χ2n) is 7.41. The van der Waals surface area contributed by atoms with E-state index in [0.29, 0.717) is 22.1 Å². The van der Waals surface area contributed by atoms with E-state index in [1.54, 1.807) is 36.4 Å². The average Bonchev–Trinajstić information content (AvgIpc) is 2.90. The van der Waals surface area contributed by atoms with Crippen LogP contribution in [-0.2, 0) is 14.8 Å². The number of amides is 1. The number of nitrogens with one attached hydrogen (secondary N) is 1. The van der Waals surface area contributed by atoms with Gasteiger partial charge in [0.2, 0.25) is 0 Å². The lowest BCUT2D eigenvalue weighted by Crippen LogP contribution is -2.39. The first-order chi connectivity index (χ1) is 17.7. The van der Waals surface area contributed by atoms with Gasteiger partial charge < -0.3 is 18.9 Å². The molecule has 196 valence electrons. The number of halogens is 1. The van der Waals surface area contributed by atoms with Crippen LogP contribution < -0.4 is 28.7 Å². The first kappa shape index (κ1) is 27.6. The molecule has 12 heteroatoms. The highest BCUT2D eigenvalue weighted by Crippen LogP contribution is 2.37. The Morgan fingerprint density at radius 2 is 1.62 bits per heavy atom. The van der Waals surface area contributed by atoms with Gasteiger partial charge in [-0.25, -0.2) is 13.8 Å². The van der Waals surface area contributed by atoms with E-state index >= 15 is 0 Å². The Balaban J connectivity index is 2.01. The molecule has 0 spiro atoms. The van der Waals surface area contributed by atoms with Crippen LogP contribution in [0.15, 0.2) is 70.7 Å². The van der Waals surface area contributed by atoms with Crippen LogP contribution in [0.3, 0.4) is 0 Å². The summed E-state index contributed by atoms with van der Waals surface area (Å²) in [5, 5.41) is 4.42. The zero-order valence-corrected chi connectivity index (χ0v) is 22.2. The van der Waals surface area contributed by atoms with Crippen molar-refractivity contribution in [1.82, 2.24) is 5.43 Å². The lowest BCUT2D eigenvalue weighted by atomic mass is 10.2. The van der Waals surface area contributed by atoms with E-state index in [1.165, 1.54) is 58.9 Å². The smallest absolute Gasteiger partial charge is 0.265 e. The molecule has 0 saturated heterocycles. The van der Waals surface area contributed by atoms with Crippen molar-refractivity contribution in [2.45, 2.75) is 4.90 Å². The molecule has 37 heavy (non-hydrogen) atoms. The van der Waals surface area contributed by atoms with E-state index in [4.69, 9.17) is 30.5 Å². The maximum Gasteiger partial charge on any atom is 0.265 e. The number of anilines is 1. The molecular formula is C25H26ClN3O7S. The minimum Gasteiger partial charge on any atom is -0.497 e. The monoisotopic (exact) mass is 547 g/mol. The Morgan fingerprint density at radius 1 is 0.919 bits per heavy atom. The summed E-state index contributed by atoms with van der Waals surface area (Å²) < 4.78 is 49.7. The van der Waals surface area contributed by atoms with Gasteiger partial charge in [0.25, 0.3) is 15.9 Å². The Hall–Kier alpha value is -3.96. The van der Waals surface area contributed by atoms with Crippen molar-refractivity contribution in [3.05, 3.63) is 71.2 Å². The van der Waals surface area contributed by atoms with Crippen molar-refractivity contribution in [2.24, 2.45) is 5.10 Å². The Kier molecular flexibility index (Phi) is 9.20. The van der Waals surface area contributed by atoms with Gasteiger partial charge in [0, 0.05) is 17.2 Å². The largest absolute Gasteiger partial charge is 0.497 e. The number of sulfonamides is 1. The highest BCUT2D eigenvalue weighted by atomic mass is 35.5. The summed E-state index contributed by atoms with van der Waals surface area (Å²) in [4.78, 5) is 12.7. The molecule has 0 aliphatic carbocycles. The molecule has 0 aliphatic rings. The third-order valence-corrected chi connectivity index (χ3v) is 7.13. The molecule has 0 heterocycles. The number of hydrazone groups is 1. The highest BCUT2D eigenvalue weighted by molar-refractivity contribution is 7.92. The standard InChI is InChI=1S/C25H26ClN3O7S/c1-33-19-8-10-22(34-2)21(13-19)29(16-25(30)28-27-15-17-6-5-7-18(26)12-17)37(31,32)20-9-11-23(35-3)24(14-20)36-4/h5-15H,16H2,1-4H3,(H,28,30)/b27-15-. The van der Waals surface area contributed by atoms with Crippen LogP contribution in [0, 0.1) is 0 Å². The van der Waals surface area contributed by atoms with Gasteiger partial charge in [-0.2, -0.15) is 5.10 Å². The van der Waals surface area contributed by atoms with E-state index in [2.05, 4.69) is 10.5 Å². The second kappa shape index (κ2) is 12.3. The molecular weight excluding hydrogens is 522 g/mol. The SMILES string of the molecule is COc1ccc(OC)c(N(CC(=O)N/N=C\c2cccc(Cl)c2)S(=O)(=O)c2ccc(OC)c(OC)c2)c1. The van der Waals surface area contributed by atoms with Gasteiger partial charge in [0.05, 0.1) is 45.2 Å². The number of benzene rings is 3. The van der Waals surface area contributed by atoms with Crippen LogP contribution in [0.4, 0.5) is 5.69 Å². The lowest BCUT2D eigenvalue weighted by molar-refractivity contribution is -0.119. The van der Waals surface area contributed by atoms with Gasteiger partial charge >= 0.3 is 0 Å².